The van der Waals surface area contributed by atoms with Gasteiger partial charge in [0.1, 0.15) is 5.66 Å². The number of nitrogens with zero attached hydrogens (tertiary/aromatic N) is 1. The molecule has 6 rings (SSSR count). The smallest absolute Gasteiger partial charge is 0.119 e. The minimum atomic E-state index is -0.0393. The molecule has 144 valence electrons. The van der Waals surface area contributed by atoms with E-state index in [9.17, 15) is 0 Å². The molecule has 1 N–H and O–H groups in total. The number of hydrogen-bond donors (Lipinski definition) is 1. The van der Waals surface area contributed by atoms with Gasteiger partial charge >= 0.3 is 0 Å². The topological polar surface area (TPSA) is 15.3 Å². The maximum atomic E-state index is 4.04. The number of hydrogen-bond acceptors (Lipinski definition) is 2. The highest BCUT2D eigenvalue weighted by Crippen LogP contribution is 2.58. The van der Waals surface area contributed by atoms with Crippen LogP contribution in [0.5, 0.6) is 0 Å². The Morgan fingerprint density at radius 1 is 0.793 bits per heavy atom. The van der Waals surface area contributed by atoms with Crippen molar-refractivity contribution < 1.29 is 0 Å². The molecule has 3 aromatic rings. The van der Waals surface area contributed by atoms with Crippen LogP contribution in [0.4, 0.5) is 11.4 Å². The molecular weight excluding hydrogens is 352 g/mol. The highest BCUT2D eigenvalue weighted by molar-refractivity contribution is 5.93. The van der Waals surface area contributed by atoms with Crippen LogP contribution in [-0.4, -0.2) is 5.66 Å². The van der Waals surface area contributed by atoms with E-state index >= 15 is 0 Å². The van der Waals surface area contributed by atoms with Gasteiger partial charge in [0, 0.05) is 17.5 Å². The van der Waals surface area contributed by atoms with Crippen LogP contribution in [0.25, 0.3) is 5.70 Å². The third kappa shape index (κ3) is 2.48. The van der Waals surface area contributed by atoms with Gasteiger partial charge in [-0.2, -0.15) is 0 Å². The molecule has 3 atom stereocenters. The minimum absolute atomic E-state index is 0.0393. The Morgan fingerprint density at radius 3 is 2.34 bits per heavy atom. The summed E-state index contributed by atoms with van der Waals surface area (Å²) < 4.78 is 0. The van der Waals surface area contributed by atoms with E-state index < -0.39 is 0 Å². The first kappa shape index (κ1) is 16.9. The second-order valence-electron chi connectivity index (χ2n) is 8.61. The molecule has 0 amide bonds. The third-order valence-corrected chi connectivity index (χ3v) is 7.10. The minimum Gasteiger partial charge on any atom is -0.360 e. The molecule has 0 unspecified atom stereocenters. The van der Waals surface area contributed by atoms with Crippen LogP contribution in [0.3, 0.4) is 0 Å². The zero-order valence-electron chi connectivity index (χ0n) is 16.6. The summed E-state index contributed by atoms with van der Waals surface area (Å²) in [5, 5.41) is 4.04. The van der Waals surface area contributed by atoms with Crippen molar-refractivity contribution in [3.05, 3.63) is 102 Å². The Bertz CT molecular complexity index is 1060. The highest BCUT2D eigenvalue weighted by atomic mass is 15.4. The summed E-state index contributed by atoms with van der Waals surface area (Å²) in [7, 11) is 0. The Kier molecular flexibility index (Phi) is 3.80. The summed E-state index contributed by atoms with van der Waals surface area (Å²) in [6.45, 7) is 0. The number of anilines is 2. The first-order valence-corrected chi connectivity index (χ1v) is 10.9. The van der Waals surface area contributed by atoms with Gasteiger partial charge in [0.15, 0.2) is 0 Å². The highest BCUT2D eigenvalue weighted by Gasteiger charge is 2.56. The number of para-hydroxylation sites is 2. The molecule has 1 fully saturated rings. The van der Waals surface area contributed by atoms with Crippen LogP contribution >= 0.6 is 0 Å². The summed E-state index contributed by atoms with van der Waals surface area (Å²) >= 11 is 0. The molecule has 2 aliphatic heterocycles. The predicted octanol–water partition coefficient (Wildman–Crippen LogP) is 6.64. The maximum absolute atomic E-state index is 4.04. The molecule has 1 saturated carbocycles. The predicted molar refractivity (Wildman–Crippen MR) is 121 cm³/mol. The van der Waals surface area contributed by atoms with Crippen molar-refractivity contribution in [1.82, 2.24) is 0 Å². The van der Waals surface area contributed by atoms with E-state index in [2.05, 4.69) is 101 Å². The molecule has 2 nitrogen and oxygen atoms in total. The van der Waals surface area contributed by atoms with Gasteiger partial charge in [-0.3, -0.25) is 0 Å². The van der Waals surface area contributed by atoms with Crippen LogP contribution in [0.1, 0.15) is 42.7 Å². The summed E-state index contributed by atoms with van der Waals surface area (Å²) in [6.07, 6.45) is 7.58. The molecule has 2 heterocycles. The fourth-order valence-electron chi connectivity index (χ4n) is 5.91. The Hall–Kier alpha value is -3.00. The normalized spacial score (nSPS) is 27.3. The standard InChI is InChI=1S/C27H26N2/c1-3-11-20(12-4-1)22-19-26(21-13-5-2-6-14-21)29-25-17-8-7-16-24(25)28-27(29)18-10-9-15-23(22)27/h1-8,11-14,16-17,19,22-23,28H,9-10,15,18H2/t22-,23+,27-/m1/s1. The number of allylic oxidation sites excluding steroid dienone is 1. The average Bonchev–Trinajstić information content (AvgIpc) is 3.13. The summed E-state index contributed by atoms with van der Waals surface area (Å²) in [5.74, 6) is 0.975. The van der Waals surface area contributed by atoms with E-state index in [0.29, 0.717) is 11.8 Å². The second kappa shape index (κ2) is 6.52. The molecule has 29 heavy (non-hydrogen) atoms. The summed E-state index contributed by atoms with van der Waals surface area (Å²) in [6, 6.07) is 30.9. The van der Waals surface area contributed by atoms with E-state index in [1.165, 1.54) is 53.9 Å². The van der Waals surface area contributed by atoms with Crippen molar-refractivity contribution in [2.75, 3.05) is 10.2 Å². The molecule has 3 aliphatic rings. The molecule has 3 aromatic carbocycles. The fraction of sp³-hybridized carbons (Fsp3) is 0.259. The van der Waals surface area contributed by atoms with Crippen LogP contribution in [0, 0.1) is 5.92 Å². The number of fused-ring (bicyclic) bond motifs is 2. The largest absolute Gasteiger partial charge is 0.360 e. The lowest BCUT2D eigenvalue weighted by molar-refractivity contribution is 0.198. The zero-order valence-corrected chi connectivity index (χ0v) is 16.6. The lowest BCUT2D eigenvalue weighted by Crippen LogP contribution is -2.60. The number of nitrogens with one attached hydrogen (secondary N) is 1. The summed E-state index contributed by atoms with van der Waals surface area (Å²) in [4.78, 5) is 2.64. The van der Waals surface area contributed by atoms with Gasteiger partial charge in [-0.15, -0.1) is 0 Å². The van der Waals surface area contributed by atoms with Gasteiger partial charge < -0.3 is 10.2 Å². The lowest BCUT2D eigenvalue weighted by Gasteiger charge is -2.54. The average molecular weight is 379 g/mol. The van der Waals surface area contributed by atoms with Gasteiger partial charge in [0.2, 0.25) is 0 Å². The van der Waals surface area contributed by atoms with Crippen molar-refractivity contribution in [3.8, 4) is 0 Å². The molecular formula is C27H26N2. The first-order valence-electron chi connectivity index (χ1n) is 10.9. The molecule has 0 radical (unpaired) electrons. The van der Waals surface area contributed by atoms with E-state index in [1.807, 2.05) is 0 Å². The number of rotatable bonds is 2. The lowest BCUT2D eigenvalue weighted by atomic mass is 9.66. The molecule has 2 heteroatoms. The Labute approximate surface area is 172 Å². The van der Waals surface area contributed by atoms with Gasteiger partial charge in [-0.05, 0) is 42.5 Å². The van der Waals surface area contributed by atoms with Gasteiger partial charge in [-0.25, -0.2) is 0 Å². The zero-order chi connectivity index (χ0) is 19.3. The molecule has 1 spiro atoms. The van der Waals surface area contributed by atoms with Crippen molar-refractivity contribution >= 4 is 17.1 Å². The van der Waals surface area contributed by atoms with Crippen LogP contribution in [0.15, 0.2) is 91.0 Å². The van der Waals surface area contributed by atoms with Gasteiger partial charge in [-0.1, -0.05) is 85.3 Å². The van der Waals surface area contributed by atoms with Crippen molar-refractivity contribution in [3.63, 3.8) is 0 Å². The van der Waals surface area contributed by atoms with Gasteiger partial charge in [0.25, 0.3) is 0 Å². The van der Waals surface area contributed by atoms with Crippen LogP contribution in [-0.2, 0) is 0 Å². The molecule has 0 saturated heterocycles. The molecule has 0 aromatic heterocycles. The summed E-state index contributed by atoms with van der Waals surface area (Å²) in [5.41, 5.74) is 6.63. The first-order chi connectivity index (χ1) is 14.4. The molecule has 0 bridgehead atoms. The fourth-order valence-corrected chi connectivity index (χ4v) is 5.91. The monoisotopic (exact) mass is 378 g/mol. The van der Waals surface area contributed by atoms with E-state index in [-0.39, 0.29) is 5.66 Å². The maximum Gasteiger partial charge on any atom is 0.119 e. The SMILES string of the molecule is C1=C(c2ccccc2)N2c3ccccc3N[C@]23CCCC[C@H]3[C@H]1c1ccccc1. The van der Waals surface area contributed by atoms with Gasteiger partial charge in [0.05, 0.1) is 11.4 Å². The number of benzene rings is 3. The van der Waals surface area contributed by atoms with Crippen molar-refractivity contribution in [2.24, 2.45) is 5.92 Å². The molecule has 1 aliphatic carbocycles. The van der Waals surface area contributed by atoms with Crippen LogP contribution in [0.2, 0.25) is 0 Å². The Balaban J connectivity index is 1.61. The Morgan fingerprint density at radius 2 is 1.52 bits per heavy atom. The van der Waals surface area contributed by atoms with Crippen LogP contribution < -0.4 is 10.2 Å². The van der Waals surface area contributed by atoms with Crippen molar-refractivity contribution in [1.29, 1.82) is 0 Å². The second-order valence-corrected chi connectivity index (χ2v) is 8.61. The van der Waals surface area contributed by atoms with E-state index in [4.69, 9.17) is 0 Å². The van der Waals surface area contributed by atoms with E-state index in [0.717, 1.165) is 0 Å². The third-order valence-electron chi connectivity index (χ3n) is 7.10. The van der Waals surface area contributed by atoms with E-state index in [1.54, 1.807) is 0 Å². The van der Waals surface area contributed by atoms with Crippen molar-refractivity contribution in [2.45, 2.75) is 37.3 Å². The quantitative estimate of drug-likeness (QED) is 0.537.